The summed E-state index contributed by atoms with van der Waals surface area (Å²) in [5.74, 6) is 0.616. The lowest BCUT2D eigenvalue weighted by Gasteiger charge is -2.36. The van der Waals surface area contributed by atoms with Gasteiger partial charge in [0.25, 0.3) is 0 Å². The lowest BCUT2D eigenvalue weighted by Crippen LogP contribution is -2.49. The van der Waals surface area contributed by atoms with Crippen LogP contribution in [-0.4, -0.2) is 68.7 Å². The second kappa shape index (κ2) is 10.9. The third kappa shape index (κ3) is 7.49. The Hall–Kier alpha value is -2.15. The van der Waals surface area contributed by atoms with Crippen LogP contribution in [0.4, 0.5) is 10.1 Å². The summed E-state index contributed by atoms with van der Waals surface area (Å²) in [6.45, 7) is 11.8. The highest BCUT2D eigenvalue weighted by Crippen LogP contribution is 2.24. The highest BCUT2D eigenvalue weighted by atomic mass is 19.1. The van der Waals surface area contributed by atoms with Gasteiger partial charge in [-0.25, -0.2) is 4.39 Å². The highest BCUT2D eigenvalue weighted by molar-refractivity contribution is 5.46. The molecule has 6 heteroatoms. The predicted molar refractivity (Wildman–Crippen MR) is 123 cm³/mol. The van der Waals surface area contributed by atoms with Crippen LogP contribution in [0, 0.1) is 5.82 Å². The number of hydrogen-bond donors (Lipinski definition) is 1. The van der Waals surface area contributed by atoms with Gasteiger partial charge in [0, 0.05) is 38.4 Å². The van der Waals surface area contributed by atoms with E-state index < -0.39 is 6.10 Å². The molecule has 31 heavy (non-hydrogen) atoms. The zero-order chi connectivity index (χ0) is 22.3. The van der Waals surface area contributed by atoms with Crippen LogP contribution in [0.5, 0.6) is 5.75 Å². The molecule has 0 aromatic heterocycles. The standard InChI is InChI=1S/C25H35FN2O3/c1-25(2,3)20-4-10-24(11-5-20)31-17-16-30-19-23(29)18-27-12-14-28(15-13-27)22-8-6-21(26)7-9-22/h4-11,23,29H,12-19H2,1-3H3. The maximum atomic E-state index is 13.1. The zero-order valence-electron chi connectivity index (χ0n) is 18.9. The molecule has 170 valence electrons. The minimum atomic E-state index is -0.525. The molecule has 1 fully saturated rings. The smallest absolute Gasteiger partial charge is 0.123 e. The van der Waals surface area contributed by atoms with E-state index in [1.54, 1.807) is 0 Å². The van der Waals surface area contributed by atoms with Gasteiger partial charge in [0.05, 0.1) is 19.3 Å². The van der Waals surface area contributed by atoms with Gasteiger partial charge in [0.15, 0.2) is 0 Å². The van der Waals surface area contributed by atoms with E-state index in [4.69, 9.17) is 9.47 Å². The Morgan fingerprint density at radius 1 is 0.935 bits per heavy atom. The molecule has 1 saturated heterocycles. The largest absolute Gasteiger partial charge is 0.491 e. The number of benzene rings is 2. The molecule has 0 bridgehead atoms. The van der Waals surface area contributed by atoms with Crippen molar-refractivity contribution in [1.82, 2.24) is 4.90 Å². The fourth-order valence-corrected chi connectivity index (χ4v) is 3.68. The molecule has 1 aliphatic rings. The summed E-state index contributed by atoms with van der Waals surface area (Å²) in [7, 11) is 0. The topological polar surface area (TPSA) is 45.2 Å². The lowest BCUT2D eigenvalue weighted by atomic mass is 9.87. The molecular formula is C25H35FN2O3. The Balaban J connectivity index is 1.28. The van der Waals surface area contributed by atoms with Crippen molar-refractivity contribution in [2.45, 2.75) is 32.3 Å². The first-order valence-electron chi connectivity index (χ1n) is 11.0. The van der Waals surface area contributed by atoms with Gasteiger partial charge in [-0.05, 0) is 47.4 Å². The van der Waals surface area contributed by atoms with Crippen LogP contribution in [0.15, 0.2) is 48.5 Å². The van der Waals surface area contributed by atoms with Gasteiger partial charge in [-0.3, -0.25) is 4.90 Å². The first-order valence-corrected chi connectivity index (χ1v) is 11.0. The van der Waals surface area contributed by atoms with E-state index in [1.165, 1.54) is 17.7 Å². The number of β-amino-alcohol motifs (C(OH)–C–C–N with tert-alkyl or cyclic N) is 1. The quantitative estimate of drug-likeness (QED) is 0.615. The fraction of sp³-hybridized carbons (Fsp3) is 0.520. The molecule has 1 aliphatic heterocycles. The molecule has 5 nitrogen and oxygen atoms in total. The fourth-order valence-electron chi connectivity index (χ4n) is 3.68. The molecule has 1 N–H and O–H groups in total. The third-order valence-corrected chi connectivity index (χ3v) is 5.56. The number of aliphatic hydroxyl groups is 1. The van der Waals surface area contributed by atoms with Crippen LogP contribution in [-0.2, 0) is 10.2 Å². The summed E-state index contributed by atoms with van der Waals surface area (Å²) >= 11 is 0. The van der Waals surface area contributed by atoms with Crippen molar-refractivity contribution in [3.8, 4) is 5.75 Å². The summed E-state index contributed by atoms with van der Waals surface area (Å²) in [6, 6.07) is 14.8. The summed E-state index contributed by atoms with van der Waals surface area (Å²) < 4.78 is 24.4. The van der Waals surface area contributed by atoms with Crippen molar-refractivity contribution >= 4 is 5.69 Å². The van der Waals surface area contributed by atoms with Crippen LogP contribution in [0.3, 0.4) is 0 Å². The van der Waals surface area contributed by atoms with Crippen LogP contribution >= 0.6 is 0 Å². The summed E-state index contributed by atoms with van der Waals surface area (Å²) in [5, 5.41) is 10.3. The molecule has 3 rings (SSSR count). The SMILES string of the molecule is CC(C)(C)c1ccc(OCCOCC(O)CN2CCN(c3ccc(F)cc3)CC2)cc1. The van der Waals surface area contributed by atoms with Crippen molar-refractivity contribution in [2.75, 3.05) is 57.4 Å². The van der Waals surface area contributed by atoms with E-state index in [9.17, 15) is 9.50 Å². The van der Waals surface area contributed by atoms with Crippen LogP contribution in [0.2, 0.25) is 0 Å². The van der Waals surface area contributed by atoms with E-state index in [0.29, 0.717) is 26.4 Å². The number of halogens is 1. The van der Waals surface area contributed by atoms with E-state index in [2.05, 4.69) is 42.7 Å². The molecule has 1 heterocycles. The molecule has 2 aromatic carbocycles. The van der Waals surface area contributed by atoms with Crippen molar-refractivity contribution < 1.29 is 19.0 Å². The van der Waals surface area contributed by atoms with Crippen molar-refractivity contribution in [3.05, 3.63) is 59.9 Å². The molecule has 0 saturated carbocycles. The molecule has 0 spiro atoms. The second-order valence-corrected chi connectivity index (χ2v) is 9.12. The molecule has 0 amide bonds. The zero-order valence-corrected chi connectivity index (χ0v) is 18.9. The van der Waals surface area contributed by atoms with Crippen LogP contribution in [0.25, 0.3) is 0 Å². The highest BCUT2D eigenvalue weighted by Gasteiger charge is 2.19. The Labute approximate surface area is 185 Å². The van der Waals surface area contributed by atoms with Gasteiger partial charge in [-0.2, -0.15) is 0 Å². The Bertz CT molecular complexity index is 782. The van der Waals surface area contributed by atoms with Crippen molar-refractivity contribution in [1.29, 1.82) is 0 Å². The predicted octanol–water partition coefficient (Wildman–Crippen LogP) is 3.70. The minimum absolute atomic E-state index is 0.130. The van der Waals surface area contributed by atoms with Gasteiger partial charge in [0.1, 0.15) is 18.2 Å². The average Bonchev–Trinajstić information content (AvgIpc) is 2.74. The van der Waals surface area contributed by atoms with Gasteiger partial charge in [-0.1, -0.05) is 32.9 Å². The number of hydrogen-bond acceptors (Lipinski definition) is 5. The second-order valence-electron chi connectivity index (χ2n) is 9.12. The normalized spacial score (nSPS) is 16.4. The summed E-state index contributed by atoms with van der Waals surface area (Å²) in [4.78, 5) is 4.48. The van der Waals surface area contributed by atoms with Crippen molar-refractivity contribution in [2.24, 2.45) is 0 Å². The first kappa shape index (κ1) is 23.5. The summed E-state index contributed by atoms with van der Waals surface area (Å²) in [6.07, 6.45) is -0.525. The Morgan fingerprint density at radius 2 is 1.58 bits per heavy atom. The number of aliphatic hydroxyl groups excluding tert-OH is 1. The van der Waals surface area contributed by atoms with Crippen LogP contribution < -0.4 is 9.64 Å². The maximum absolute atomic E-state index is 13.1. The molecular weight excluding hydrogens is 395 g/mol. The van der Waals surface area contributed by atoms with Gasteiger partial charge < -0.3 is 19.5 Å². The number of ether oxygens (including phenoxy) is 2. The van der Waals surface area contributed by atoms with Gasteiger partial charge in [-0.15, -0.1) is 0 Å². The maximum Gasteiger partial charge on any atom is 0.123 e. The van der Waals surface area contributed by atoms with Crippen LogP contribution in [0.1, 0.15) is 26.3 Å². The minimum Gasteiger partial charge on any atom is -0.491 e. The number of anilines is 1. The van der Waals surface area contributed by atoms with E-state index in [1.807, 2.05) is 24.3 Å². The monoisotopic (exact) mass is 430 g/mol. The van der Waals surface area contributed by atoms with E-state index in [0.717, 1.165) is 37.6 Å². The molecule has 2 aromatic rings. The first-order chi connectivity index (χ1) is 14.8. The summed E-state index contributed by atoms with van der Waals surface area (Å²) in [5.41, 5.74) is 2.45. The van der Waals surface area contributed by atoms with Gasteiger partial charge >= 0.3 is 0 Å². The molecule has 0 radical (unpaired) electrons. The molecule has 0 aliphatic carbocycles. The third-order valence-electron chi connectivity index (χ3n) is 5.56. The molecule has 1 atom stereocenters. The Morgan fingerprint density at radius 3 is 2.19 bits per heavy atom. The number of rotatable bonds is 9. The van der Waals surface area contributed by atoms with E-state index in [-0.39, 0.29) is 11.2 Å². The number of nitrogens with zero attached hydrogens (tertiary/aromatic N) is 2. The molecule has 1 unspecified atom stereocenters. The van der Waals surface area contributed by atoms with E-state index >= 15 is 0 Å². The average molecular weight is 431 g/mol. The Kier molecular flexibility index (Phi) is 8.29. The van der Waals surface area contributed by atoms with Gasteiger partial charge in [0.2, 0.25) is 0 Å². The van der Waals surface area contributed by atoms with Crippen molar-refractivity contribution in [3.63, 3.8) is 0 Å². The lowest BCUT2D eigenvalue weighted by molar-refractivity contribution is 0.00718. The number of piperazine rings is 1.